The van der Waals surface area contributed by atoms with Crippen molar-refractivity contribution in [3.63, 3.8) is 0 Å². The lowest BCUT2D eigenvalue weighted by molar-refractivity contribution is 0.668. The molecule has 0 amide bonds. The highest BCUT2D eigenvalue weighted by atomic mass is 32.2. The Hall–Kier alpha value is -15.0. The minimum atomic E-state index is -0.723. The maximum absolute atomic E-state index is 7.59. The number of hydrogen-bond acceptors (Lipinski definition) is 8. The van der Waals surface area contributed by atoms with Crippen LogP contribution in [0.3, 0.4) is 0 Å². The Morgan fingerprint density at radius 1 is 0.167 bits per heavy atom. The lowest BCUT2D eigenvalue weighted by Crippen LogP contribution is -2.32. The molecule has 0 bridgehead atoms. The van der Waals surface area contributed by atoms with E-state index in [-0.39, 0.29) is 0 Å². The van der Waals surface area contributed by atoms with E-state index in [9.17, 15) is 0 Å². The molecular weight excluding hydrogens is 1680 g/mol. The van der Waals surface area contributed by atoms with Crippen molar-refractivity contribution in [3.8, 4) is 55.6 Å². The largest absolute Gasteiger partial charge is 0.456 e. The van der Waals surface area contributed by atoms with Crippen LogP contribution in [0.5, 0.6) is 0 Å². The van der Waals surface area contributed by atoms with Crippen molar-refractivity contribution >= 4 is 125 Å². The molecule has 0 saturated heterocycles. The minimum absolute atomic E-state index is 0.587. The first-order valence-corrected chi connectivity index (χ1v) is 48.6. The predicted molar refractivity (Wildman–Crippen MR) is 542 cm³/mol. The van der Waals surface area contributed by atoms with Gasteiger partial charge in [0.25, 0.3) is 0 Å². The maximum atomic E-state index is 7.59. The number of fused-ring (bicyclic) bond motifs is 42. The van der Waals surface area contributed by atoms with E-state index in [1.54, 1.807) is 0 Å². The molecule has 6 heterocycles. The van der Waals surface area contributed by atoms with Gasteiger partial charge in [-0.05, 0) is 284 Å². The highest BCUT2D eigenvalue weighted by Gasteiger charge is 2.56. The summed E-state index contributed by atoms with van der Waals surface area (Å²) in [6.45, 7) is 0. The molecule has 4 nitrogen and oxygen atoms in total. The highest BCUT2D eigenvalue weighted by Crippen LogP contribution is 2.70. The first kappa shape index (κ1) is 73.9. The summed E-state index contributed by atoms with van der Waals surface area (Å²) in [5, 5.41) is 4.25. The van der Waals surface area contributed by atoms with Crippen LogP contribution in [-0.4, -0.2) is 0 Å². The van der Waals surface area contributed by atoms with Crippen LogP contribution in [0.1, 0.15) is 89.0 Å². The molecule has 614 valence electrons. The van der Waals surface area contributed by atoms with Crippen molar-refractivity contribution in [1.82, 2.24) is 0 Å². The van der Waals surface area contributed by atoms with Crippen LogP contribution < -0.4 is 9.80 Å². The van der Waals surface area contributed by atoms with Gasteiger partial charge in [-0.2, -0.15) is 0 Å². The van der Waals surface area contributed by atoms with E-state index in [1.165, 1.54) is 173 Å². The van der Waals surface area contributed by atoms with E-state index >= 15 is 0 Å². The fourth-order valence-electron chi connectivity index (χ4n) is 25.0. The molecule has 22 aromatic rings. The van der Waals surface area contributed by atoms with Gasteiger partial charge in [-0.15, -0.1) is 0 Å². The van der Waals surface area contributed by atoms with Crippen LogP contribution in [-0.2, 0) is 21.7 Å². The number of furan rings is 2. The van der Waals surface area contributed by atoms with Gasteiger partial charge in [0, 0.05) is 89.1 Å². The number of benzene rings is 20. The number of anilines is 6. The third-order valence-corrected chi connectivity index (χ3v) is 34.7. The van der Waals surface area contributed by atoms with Crippen molar-refractivity contribution in [2.24, 2.45) is 0 Å². The van der Waals surface area contributed by atoms with Gasteiger partial charge < -0.3 is 18.6 Å². The predicted octanol–water partition coefficient (Wildman–Crippen LogP) is 33.4. The van der Waals surface area contributed by atoms with Crippen LogP contribution in [0.2, 0.25) is 0 Å². The van der Waals surface area contributed by atoms with E-state index < -0.39 is 21.7 Å². The van der Waals surface area contributed by atoms with Gasteiger partial charge in [0.1, 0.15) is 16.7 Å². The standard InChI is InChI=1S/C124H72N2O2S4/c1-6-32-92-80(26-1)84-59-54-76(69-104(84)121(92)96-36-10-18-45-112(96)129-113-46-19-11-37-97(113)121)125(75-58-65-110-91(68-75)88-30-5-17-44-109(88)127-110)77-55-60-85-83-29-4-9-35-95(83)124(105(85)70-77)102-42-16-24-51-118(102)132-119-67-74(52-63-103(119)124)73-53-64-111-90(66-73)89-31-25-43-108(120(89)128-111)126(78-56-61-86-81-27-2-7-33-93(81)122(106(86)71-78)98-38-12-20-47-114(98)130-115-48-21-13-39-99(115)122)79-57-62-87-82-28-3-8-34-94(82)123(107(87)72-79)100-40-14-22-49-116(100)131-117-50-23-15-41-101(117)123/h1-72H. The molecule has 0 saturated carbocycles. The minimum Gasteiger partial charge on any atom is -0.456 e. The summed E-state index contributed by atoms with van der Waals surface area (Å²) in [6.07, 6.45) is 0. The van der Waals surface area contributed by atoms with Crippen molar-refractivity contribution in [2.75, 3.05) is 9.80 Å². The van der Waals surface area contributed by atoms with Crippen LogP contribution >= 0.6 is 47.0 Å². The Bertz CT molecular complexity index is 8560. The Labute approximate surface area is 779 Å². The monoisotopic (exact) mass is 1750 g/mol. The smallest absolute Gasteiger partial charge is 0.159 e. The van der Waals surface area contributed by atoms with Gasteiger partial charge in [0.2, 0.25) is 0 Å². The second-order valence-electron chi connectivity index (χ2n) is 36.1. The van der Waals surface area contributed by atoms with Gasteiger partial charge in [-0.3, -0.25) is 0 Å². The number of para-hydroxylation sites is 2. The fourth-order valence-corrected chi connectivity index (χ4v) is 29.8. The molecule has 20 aromatic carbocycles. The molecule has 2 aromatic heterocycles. The van der Waals surface area contributed by atoms with Crippen LogP contribution in [0, 0.1) is 0 Å². The first-order chi connectivity index (χ1) is 65.4. The number of hydrogen-bond donors (Lipinski definition) is 0. The van der Waals surface area contributed by atoms with Crippen molar-refractivity contribution in [2.45, 2.75) is 60.8 Å². The van der Waals surface area contributed by atoms with Crippen molar-refractivity contribution in [1.29, 1.82) is 0 Å². The average Bonchev–Trinajstić information content (AvgIpc) is 1.52. The maximum Gasteiger partial charge on any atom is 0.159 e. The average molecular weight is 1750 g/mol. The first-order valence-electron chi connectivity index (χ1n) is 45.4. The van der Waals surface area contributed by atoms with E-state index in [2.05, 4.69) is 447 Å². The second kappa shape index (κ2) is 27.3. The summed E-state index contributed by atoms with van der Waals surface area (Å²) in [6, 6.07) is 166. The van der Waals surface area contributed by atoms with E-state index in [0.717, 1.165) is 89.1 Å². The fraction of sp³-hybridized carbons (Fsp3) is 0.0323. The molecule has 30 rings (SSSR count). The third-order valence-electron chi connectivity index (χ3n) is 30.1. The highest BCUT2D eigenvalue weighted by molar-refractivity contribution is 8.00. The second-order valence-corrected chi connectivity index (χ2v) is 40.4. The zero-order valence-electron chi connectivity index (χ0n) is 70.9. The molecule has 4 aliphatic heterocycles. The van der Waals surface area contributed by atoms with E-state index in [4.69, 9.17) is 8.83 Å². The summed E-state index contributed by atoms with van der Waals surface area (Å²) in [4.78, 5) is 15.1. The zero-order chi connectivity index (χ0) is 86.0. The molecule has 1 unspecified atom stereocenters. The molecule has 0 fully saturated rings. The van der Waals surface area contributed by atoms with E-state index in [1.807, 2.05) is 47.0 Å². The molecular formula is C124H72N2O2S4. The van der Waals surface area contributed by atoms with Gasteiger partial charge in [0.15, 0.2) is 5.58 Å². The number of rotatable bonds is 7. The van der Waals surface area contributed by atoms with E-state index in [0.29, 0.717) is 0 Å². The van der Waals surface area contributed by atoms with Gasteiger partial charge in [-0.25, -0.2) is 0 Å². The quantitative estimate of drug-likeness (QED) is 0.156. The topological polar surface area (TPSA) is 32.8 Å². The molecule has 8 heteroatoms. The van der Waals surface area contributed by atoms with Gasteiger partial charge in [-0.1, -0.05) is 344 Å². The molecule has 4 aliphatic carbocycles. The molecule has 0 radical (unpaired) electrons. The van der Waals surface area contributed by atoms with Crippen LogP contribution in [0.4, 0.5) is 34.1 Å². The van der Waals surface area contributed by atoms with Gasteiger partial charge in [0.05, 0.1) is 27.3 Å². The summed E-state index contributed by atoms with van der Waals surface area (Å²) in [5.74, 6) is 0. The van der Waals surface area contributed by atoms with Gasteiger partial charge >= 0.3 is 0 Å². The molecule has 4 spiro atoms. The van der Waals surface area contributed by atoms with Crippen LogP contribution in [0.25, 0.3) is 99.5 Å². The molecule has 1 atom stereocenters. The molecule has 8 aliphatic rings. The van der Waals surface area contributed by atoms with Crippen molar-refractivity contribution in [3.05, 3.63) is 526 Å². The molecule has 0 N–H and O–H groups in total. The Morgan fingerprint density at radius 2 is 0.447 bits per heavy atom. The lowest BCUT2D eigenvalue weighted by atomic mass is 9.67. The summed E-state index contributed by atoms with van der Waals surface area (Å²) >= 11 is 7.53. The third kappa shape index (κ3) is 9.63. The Balaban J connectivity index is 0.596. The van der Waals surface area contributed by atoms with Crippen LogP contribution in [0.15, 0.2) is 485 Å². The zero-order valence-corrected chi connectivity index (χ0v) is 74.2. The molecule has 132 heavy (non-hydrogen) atoms. The summed E-state index contributed by atoms with van der Waals surface area (Å²) < 4.78 is 14.2. The lowest BCUT2D eigenvalue weighted by Gasteiger charge is -2.40. The Kier molecular flexibility index (Phi) is 15.3. The normalized spacial score (nSPS) is 15.7. The SMILES string of the molecule is c1ccc2c(c1)Sc1ccccc1C21c2ccccc2-c2ccc(N(c3ccc4c(c3)C3(c5ccccc5Sc5cc(-c6ccc7oc8c(N(c9ccc%10c(c9)C9(c%11ccccc%11Sc%11ccccc%119)c9ccccc9-%10)c9ccc%10c(c9)C9(c%11ccccc%11Sc%11ccccc%119)c9ccccc9-%10)cccc8c7c6)ccc53)c3ccccc3-4)c3ccc4oc5ccccc5c4c3)cc21. The summed E-state index contributed by atoms with van der Waals surface area (Å²) in [5.41, 5.74) is 39.8. The number of nitrogens with zero attached hydrogens (tertiary/aromatic N) is 2. The van der Waals surface area contributed by atoms with Crippen molar-refractivity contribution < 1.29 is 8.83 Å². The summed E-state index contributed by atoms with van der Waals surface area (Å²) in [7, 11) is 0. The Morgan fingerprint density at radius 3 is 0.864 bits per heavy atom.